The highest BCUT2D eigenvalue weighted by Crippen LogP contribution is 2.20. The van der Waals surface area contributed by atoms with Gasteiger partial charge in [0.2, 0.25) is 0 Å². The molecule has 2 aromatic rings. The van der Waals surface area contributed by atoms with E-state index in [9.17, 15) is 23.2 Å². The van der Waals surface area contributed by atoms with E-state index in [0.29, 0.717) is 11.3 Å². The van der Waals surface area contributed by atoms with Crippen LogP contribution in [0.25, 0.3) is 0 Å². The number of amides is 1. The molecule has 0 fully saturated rings. The Labute approximate surface area is 160 Å². The Morgan fingerprint density at radius 2 is 1.79 bits per heavy atom. The Morgan fingerprint density at radius 1 is 1.11 bits per heavy atom. The molecule has 0 radical (unpaired) electrons. The lowest BCUT2D eigenvalue weighted by Gasteiger charge is -2.08. The first-order chi connectivity index (χ1) is 13.1. The van der Waals surface area contributed by atoms with Crippen molar-refractivity contribution in [2.24, 2.45) is 0 Å². The van der Waals surface area contributed by atoms with Crippen molar-refractivity contribution in [2.75, 3.05) is 11.9 Å². The maximum atomic E-state index is 13.1. The Kier molecular flexibility index (Phi) is 6.50. The van der Waals surface area contributed by atoms with E-state index in [1.165, 1.54) is 6.07 Å². The topological polar surface area (TPSA) is 97.5 Å². The molecule has 2 N–H and O–H groups in total. The SMILES string of the molecule is Cc1[nH]c(C(=O)OCC(=O)Nc2ccc(F)c(F)c2)c(C)c1C(=O)OC(C)C. The van der Waals surface area contributed by atoms with Gasteiger partial charge in [0.25, 0.3) is 5.91 Å². The van der Waals surface area contributed by atoms with Crippen molar-refractivity contribution >= 4 is 23.5 Å². The van der Waals surface area contributed by atoms with Crippen LogP contribution in [-0.2, 0) is 14.3 Å². The van der Waals surface area contributed by atoms with Crippen molar-refractivity contribution in [2.45, 2.75) is 33.8 Å². The third-order valence-corrected chi connectivity index (χ3v) is 3.73. The minimum absolute atomic E-state index is 0.0190. The third kappa shape index (κ3) is 4.93. The average molecular weight is 394 g/mol. The molecule has 28 heavy (non-hydrogen) atoms. The van der Waals surface area contributed by atoms with Crippen LogP contribution in [0.15, 0.2) is 18.2 Å². The molecule has 1 aromatic heterocycles. The second kappa shape index (κ2) is 8.64. The van der Waals surface area contributed by atoms with Gasteiger partial charge in [-0.2, -0.15) is 0 Å². The lowest BCUT2D eigenvalue weighted by atomic mass is 10.1. The predicted molar refractivity (Wildman–Crippen MR) is 96.1 cm³/mol. The lowest BCUT2D eigenvalue weighted by molar-refractivity contribution is -0.119. The number of nitrogens with one attached hydrogen (secondary N) is 2. The van der Waals surface area contributed by atoms with Crippen LogP contribution in [0.3, 0.4) is 0 Å². The number of hydrogen-bond donors (Lipinski definition) is 2. The van der Waals surface area contributed by atoms with Gasteiger partial charge < -0.3 is 19.8 Å². The van der Waals surface area contributed by atoms with Gasteiger partial charge in [0, 0.05) is 17.4 Å². The van der Waals surface area contributed by atoms with Crippen LogP contribution in [0.1, 0.15) is 46.0 Å². The molecule has 0 aliphatic heterocycles. The van der Waals surface area contributed by atoms with Gasteiger partial charge in [0.15, 0.2) is 18.2 Å². The number of anilines is 1. The van der Waals surface area contributed by atoms with Gasteiger partial charge in [-0.05, 0) is 45.4 Å². The lowest BCUT2D eigenvalue weighted by Crippen LogP contribution is -2.21. The first kappa shape index (κ1) is 21.1. The van der Waals surface area contributed by atoms with Crippen LogP contribution >= 0.6 is 0 Å². The summed E-state index contributed by atoms with van der Waals surface area (Å²) < 4.78 is 36.1. The minimum atomic E-state index is -1.12. The summed E-state index contributed by atoms with van der Waals surface area (Å²) in [6.45, 7) is 5.92. The summed E-state index contributed by atoms with van der Waals surface area (Å²) >= 11 is 0. The maximum absolute atomic E-state index is 13.1. The fourth-order valence-corrected chi connectivity index (χ4v) is 2.51. The minimum Gasteiger partial charge on any atom is -0.459 e. The molecule has 0 bridgehead atoms. The molecule has 1 aromatic carbocycles. The van der Waals surface area contributed by atoms with Crippen LogP contribution in [-0.4, -0.2) is 35.5 Å². The highest BCUT2D eigenvalue weighted by atomic mass is 19.2. The maximum Gasteiger partial charge on any atom is 0.355 e. The van der Waals surface area contributed by atoms with Gasteiger partial charge in [0.1, 0.15) is 5.69 Å². The number of aromatic nitrogens is 1. The molecule has 1 amide bonds. The second-order valence-electron chi connectivity index (χ2n) is 6.33. The summed E-state index contributed by atoms with van der Waals surface area (Å²) in [5, 5.41) is 2.28. The van der Waals surface area contributed by atoms with E-state index in [4.69, 9.17) is 9.47 Å². The fraction of sp³-hybridized carbons (Fsp3) is 0.316. The van der Waals surface area contributed by atoms with Crippen LogP contribution in [0, 0.1) is 25.5 Å². The van der Waals surface area contributed by atoms with E-state index >= 15 is 0 Å². The molecule has 0 saturated heterocycles. The normalized spacial score (nSPS) is 10.7. The quantitative estimate of drug-likeness (QED) is 0.733. The Balaban J connectivity index is 2.02. The van der Waals surface area contributed by atoms with Crippen LogP contribution in [0.5, 0.6) is 0 Å². The molecular formula is C19H20F2N2O5. The first-order valence-electron chi connectivity index (χ1n) is 8.42. The number of esters is 2. The summed E-state index contributed by atoms with van der Waals surface area (Å²) in [6.07, 6.45) is -0.323. The zero-order valence-corrected chi connectivity index (χ0v) is 15.8. The van der Waals surface area contributed by atoms with Gasteiger partial charge in [-0.25, -0.2) is 18.4 Å². The van der Waals surface area contributed by atoms with Crippen LogP contribution < -0.4 is 5.32 Å². The van der Waals surface area contributed by atoms with Crippen LogP contribution in [0.2, 0.25) is 0 Å². The van der Waals surface area contributed by atoms with Gasteiger partial charge in [-0.15, -0.1) is 0 Å². The van der Waals surface area contributed by atoms with E-state index in [1.807, 2.05) is 0 Å². The number of halogens is 2. The van der Waals surface area contributed by atoms with Crippen molar-refractivity contribution in [3.05, 3.63) is 52.3 Å². The predicted octanol–water partition coefficient (Wildman–Crippen LogP) is 3.27. The molecule has 0 spiro atoms. The molecule has 0 aliphatic rings. The molecule has 0 atom stereocenters. The largest absolute Gasteiger partial charge is 0.459 e. The molecule has 2 rings (SSSR count). The first-order valence-corrected chi connectivity index (χ1v) is 8.42. The highest BCUT2D eigenvalue weighted by Gasteiger charge is 2.24. The van der Waals surface area contributed by atoms with Crippen molar-refractivity contribution in [1.29, 1.82) is 0 Å². The zero-order valence-electron chi connectivity index (χ0n) is 15.8. The van der Waals surface area contributed by atoms with Gasteiger partial charge in [-0.1, -0.05) is 0 Å². The van der Waals surface area contributed by atoms with Crippen LogP contribution in [0.4, 0.5) is 14.5 Å². The number of H-pyrrole nitrogens is 1. The van der Waals surface area contributed by atoms with E-state index in [-0.39, 0.29) is 23.0 Å². The zero-order chi connectivity index (χ0) is 21.0. The molecule has 0 saturated carbocycles. The molecule has 0 aliphatic carbocycles. The molecule has 0 unspecified atom stereocenters. The number of carbonyl (C=O) groups excluding carboxylic acids is 3. The number of rotatable bonds is 6. The molecule has 1 heterocycles. The summed E-state index contributed by atoms with van der Waals surface area (Å²) in [6, 6.07) is 2.84. The van der Waals surface area contributed by atoms with Gasteiger partial charge in [-0.3, -0.25) is 4.79 Å². The summed E-state index contributed by atoms with van der Waals surface area (Å²) in [5.74, 6) is -4.32. The Bertz CT molecular complexity index is 921. The average Bonchev–Trinajstić information content (AvgIpc) is 2.90. The van der Waals surface area contributed by atoms with Crippen molar-refractivity contribution in [1.82, 2.24) is 4.98 Å². The number of aromatic amines is 1. The molecule has 7 nitrogen and oxygen atoms in total. The Morgan fingerprint density at radius 3 is 2.39 bits per heavy atom. The van der Waals surface area contributed by atoms with Gasteiger partial charge in [0.05, 0.1) is 11.7 Å². The summed E-state index contributed by atoms with van der Waals surface area (Å²) in [5.41, 5.74) is 1.04. The standard InChI is InChI=1S/C19H20F2N2O5/c1-9(2)28-18(25)16-10(3)17(22-11(16)4)19(26)27-8-15(24)23-12-5-6-13(20)14(21)7-12/h5-7,9,22H,8H2,1-4H3,(H,23,24). The Hall–Kier alpha value is -3.23. The third-order valence-electron chi connectivity index (χ3n) is 3.73. The number of ether oxygens (including phenoxy) is 2. The number of benzene rings is 1. The smallest absolute Gasteiger partial charge is 0.355 e. The van der Waals surface area contributed by atoms with Crippen molar-refractivity contribution < 1.29 is 32.6 Å². The highest BCUT2D eigenvalue weighted by molar-refractivity contribution is 5.99. The fourth-order valence-electron chi connectivity index (χ4n) is 2.51. The van der Waals surface area contributed by atoms with E-state index < -0.39 is 36.1 Å². The number of hydrogen-bond acceptors (Lipinski definition) is 5. The second-order valence-corrected chi connectivity index (χ2v) is 6.33. The summed E-state index contributed by atoms with van der Waals surface area (Å²) in [4.78, 5) is 39.0. The van der Waals surface area contributed by atoms with E-state index in [2.05, 4.69) is 10.3 Å². The monoisotopic (exact) mass is 394 g/mol. The summed E-state index contributed by atoms with van der Waals surface area (Å²) in [7, 11) is 0. The number of carbonyl (C=O) groups is 3. The van der Waals surface area contributed by atoms with E-state index in [1.54, 1.807) is 27.7 Å². The van der Waals surface area contributed by atoms with E-state index in [0.717, 1.165) is 12.1 Å². The van der Waals surface area contributed by atoms with Crippen molar-refractivity contribution in [3.63, 3.8) is 0 Å². The molecule has 9 heteroatoms. The van der Waals surface area contributed by atoms with Crippen molar-refractivity contribution in [3.8, 4) is 0 Å². The number of aryl methyl sites for hydroxylation is 1. The van der Waals surface area contributed by atoms with Gasteiger partial charge >= 0.3 is 11.9 Å². The molecular weight excluding hydrogens is 374 g/mol. The molecule has 150 valence electrons.